The Hall–Kier alpha value is -7.62. The first-order valence-electron chi connectivity index (χ1n) is 22.5. The summed E-state index contributed by atoms with van der Waals surface area (Å²) >= 11 is 0. The van der Waals surface area contributed by atoms with Crippen LogP contribution >= 0.6 is 0 Å². The van der Waals surface area contributed by atoms with Crippen LogP contribution in [0.25, 0.3) is 77.2 Å². The van der Waals surface area contributed by atoms with E-state index in [9.17, 15) is 8.78 Å². The zero-order valence-corrected chi connectivity index (χ0v) is 36.8. The van der Waals surface area contributed by atoms with E-state index < -0.39 is 0 Å². The Labute approximate surface area is 378 Å². The maximum atomic E-state index is 14.1. The minimum absolute atomic E-state index is 0.134. The first kappa shape index (κ1) is 39.0. The van der Waals surface area contributed by atoms with Crippen molar-refractivity contribution in [2.24, 2.45) is 0 Å². The number of fused-ring (bicyclic) bond motifs is 8. The molecule has 1 nitrogen and oxygen atoms in total. The molecular weight excluding hydrogens is 797 g/mol. The molecule has 0 atom stereocenters. The van der Waals surface area contributed by atoms with Gasteiger partial charge in [0.2, 0.25) is 0 Å². The van der Waals surface area contributed by atoms with Crippen LogP contribution in [0.4, 0.5) is 25.8 Å². The molecule has 10 aromatic rings. The quantitative estimate of drug-likeness (QED) is 0.151. The number of benzene rings is 10. The third-order valence-electron chi connectivity index (χ3n) is 14.4. The Morgan fingerprint density at radius 3 is 1.17 bits per heavy atom. The van der Waals surface area contributed by atoms with E-state index in [-0.39, 0.29) is 22.5 Å². The van der Waals surface area contributed by atoms with Crippen molar-refractivity contribution in [2.75, 3.05) is 4.90 Å². The summed E-state index contributed by atoms with van der Waals surface area (Å²) < 4.78 is 28.2. The van der Waals surface area contributed by atoms with Crippen LogP contribution in [0.5, 0.6) is 0 Å². The lowest BCUT2D eigenvalue weighted by Crippen LogP contribution is -2.15. The molecule has 65 heavy (non-hydrogen) atoms. The summed E-state index contributed by atoms with van der Waals surface area (Å²) in [6.07, 6.45) is 0. The van der Waals surface area contributed by atoms with Gasteiger partial charge in [0.15, 0.2) is 0 Å². The number of nitrogens with zero attached hydrogens (tertiary/aromatic N) is 1. The molecule has 0 fully saturated rings. The smallest absolute Gasteiger partial charge is 0.123 e. The Morgan fingerprint density at radius 1 is 0.308 bits per heavy atom. The first-order chi connectivity index (χ1) is 31.6. The highest BCUT2D eigenvalue weighted by Crippen LogP contribution is 2.54. The molecule has 0 radical (unpaired) electrons. The largest absolute Gasteiger partial charge is 0.310 e. The van der Waals surface area contributed by atoms with Gasteiger partial charge in [-0.3, -0.25) is 0 Å². The predicted octanol–water partition coefficient (Wildman–Crippen LogP) is 17.4. The SMILES string of the molecule is CC1(C)c2ccccc2-c2ccc(-c3c4ccccc4c(-c4ccc5c(c4)C(C)(C)c4ccccc4-5)c4cc(-c5ccc(N(c6ccc(F)cc6)c6ccc(F)cc6)cc5)ccc34)cc21. The Bertz CT molecular complexity index is 3500. The fourth-order valence-corrected chi connectivity index (χ4v) is 11.1. The molecule has 0 aromatic heterocycles. The summed E-state index contributed by atoms with van der Waals surface area (Å²) in [4.78, 5) is 2.02. The van der Waals surface area contributed by atoms with Crippen LogP contribution in [-0.2, 0) is 10.8 Å². The molecule has 0 bridgehead atoms. The van der Waals surface area contributed by atoms with E-state index in [2.05, 4.69) is 179 Å². The lowest BCUT2D eigenvalue weighted by molar-refractivity contribution is 0.628. The molecule has 0 aliphatic heterocycles. The normalized spacial score (nSPS) is 13.9. The summed E-state index contributed by atoms with van der Waals surface area (Å²) in [7, 11) is 0. The summed E-state index contributed by atoms with van der Waals surface area (Å²) in [6.45, 7) is 9.40. The predicted molar refractivity (Wildman–Crippen MR) is 267 cm³/mol. The van der Waals surface area contributed by atoms with Gasteiger partial charge in [-0.1, -0.05) is 149 Å². The highest BCUT2D eigenvalue weighted by molar-refractivity contribution is 6.22. The van der Waals surface area contributed by atoms with Crippen molar-refractivity contribution in [1.82, 2.24) is 0 Å². The lowest BCUT2D eigenvalue weighted by atomic mass is 9.79. The Kier molecular flexibility index (Phi) is 8.67. The van der Waals surface area contributed by atoms with Crippen molar-refractivity contribution in [1.29, 1.82) is 0 Å². The van der Waals surface area contributed by atoms with Crippen LogP contribution < -0.4 is 4.90 Å². The van der Waals surface area contributed by atoms with Crippen molar-refractivity contribution in [3.63, 3.8) is 0 Å². The molecule has 0 spiro atoms. The summed E-state index contributed by atoms with van der Waals surface area (Å²) in [5.41, 5.74) is 19.9. The molecule has 2 aliphatic carbocycles. The van der Waals surface area contributed by atoms with Gasteiger partial charge in [-0.05, 0) is 178 Å². The van der Waals surface area contributed by atoms with Crippen LogP contribution in [0, 0.1) is 11.6 Å². The molecule has 2 aliphatic rings. The molecule has 0 saturated carbocycles. The number of halogens is 2. The van der Waals surface area contributed by atoms with Crippen LogP contribution in [0.15, 0.2) is 200 Å². The van der Waals surface area contributed by atoms with Gasteiger partial charge in [-0.15, -0.1) is 0 Å². The number of anilines is 3. The zero-order chi connectivity index (χ0) is 44.2. The molecule has 0 unspecified atom stereocenters. The van der Waals surface area contributed by atoms with Gasteiger partial charge in [0.25, 0.3) is 0 Å². The van der Waals surface area contributed by atoms with Gasteiger partial charge >= 0.3 is 0 Å². The average molecular weight is 842 g/mol. The van der Waals surface area contributed by atoms with Crippen LogP contribution in [0.2, 0.25) is 0 Å². The molecule has 10 aromatic carbocycles. The van der Waals surface area contributed by atoms with Crippen molar-refractivity contribution < 1.29 is 8.78 Å². The van der Waals surface area contributed by atoms with Crippen LogP contribution in [0.3, 0.4) is 0 Å². The average Bonchev–Trinajstić information content (AvgIpc) is 3.70. The zero-order valence-electron chi connectivity index (χ0n) is 36.8. The standard InChI is InChI=1S/C62H45F2N/c1-61(2)55-15-9-7-11-47(55)49-32-20-40(36-57(49)61)59-51-13-5-6-14-52(51)60(41-21-33-50-48-12-8-10-16-56(48)62(3,4)58(50)37-41)54-35-39(19-34-53(54)59)38-17-26-44(27-18-38)65(45-28-22-42(63)23-29-45)46-30-24-43(64)25-31-46/h5-37H,1-4H3. The second-order valence-corrected chi connectivity index (χ2v) is 18.8. The molecule has 0 N–H and O–H groups in total. The van der Waals surface area contributed by atoms with Gasteiger partial charge in [0.1, 0.15) is 11.6 Å². The van der Waals surface area contributed by atoms with Crippen molar-refractivity contribution in [2.45, 2.75) is 38.5 Å². The third-order valence-corrected chi connectivity index (χ3v) is 14.4. The molecule has 312 valence electrons. The molecule has 3 heteroatoms. The monoisotopic (exact) mass is 841 g/mol. The van der Waals surface area contributed by atoms with Crippen molar-refractivity contribution >= 4 is 38.6 Å². The van der Waals surface area contributed by atoms with E-state index in [1.165, 1.54) is 113 Å². The van der Waals surface area contributed by atoms with E-state index in [1.807, 2.05) is 4.90 Å². The van der Waals surface area contributed by atoms with Gasteiger partial charge in [0, 0.05) is 27.9 Å². The summed E-state index contributed by atoms with van der Waals surface area (Å²) in [5.74, 6) is -0.622. The fourth-order valence-electron chi connectivity index (χ4n) is 11.1. The minimum Gasteiger partial charge on any atom is -0.310 e. The van der Waals surface area contributed by atoms with E-state index >= 15 is 0 Å². The van der Waals surface area contributed by atoms with E-state index in [0.717, 1.165) is 28.2 Å². The second kappa shape index (κ2) is 14.5. The molecular formula is C62H45F2N. The summed E-state index contributed by atoms with van der Waals surface area (Å²) in [5, 5.41) is 4.84. The lowest BCUT2D eigenvalue weighted by Gasteiger charge is -2.25. The van der Waals surface area contributed by atoms with E-state index in [4.69, 9.17) is 0 Å². The topological polar surface area (TPSA) is 3.24 Å². The minimum atomic E-state index is -0.311. The Morgan fingerprint density at radius 2 is 0.677 bits per heavy atom. The number of hydrogen-bond donors (Lipinski definition) is 0. The van der Waals surface area contributed by atoms with Gasteiger partial charge in [-0.2, -0.15) is 0 Å². The highest BCUT2D eigenvalue weighted by atomic mass is 19.1. The van der Waals surface area contributed by atoms with Crippen LogP contribution in [-0.4, -0.2) is 0 Å². The van der Waals surface area contributed by atoms with E-state index in [1.54, 1.807) is 24.3 Å². The number of hydrogen-bond acceptors (Lipinski definition) is 1. The molecule has 0 amide bonds. The maximum absolute atomic E-state index is 14.1. The third kappa shape index (κ3) is 6.02. The van der Waals surface area contributed by atoms with Gasteiger partial charge in [-0.25, -0.2) is 8.78 Å². The fraction of sp³-hybridized carbons (Fsp3) is 0.0968. The Balaban J connectivity index is 1.07. The van der Waals surface area contributed by atoms with Gasteiger partial charge < -0.3 is 4.90 Å². The number of rotatable bonds is 6. The second-order valence-electron chi connectivity index (χ2n) is 18.8. The van der Waals surface area contributed by atoms with Crippen molar-refractivity contribution in [3.05, 3.63) is 234 Å². The first-order valence-corrected chi connectivity index (χ1v) is 22.5. The van der Waals surface area contributed by atoms with E-state index in [0.29, 0.717) is 0 Å². The molecule has 0 heterocycles. The summed E-state index contributed by atoms with van der Waals surface area (Å²) in [6, 6.07) is 69.1. The molecule has 12 rings (SSSR count). The highest BCUT2D eigenvalue weighted by Gasteiger charge is 2.37. The van der Waals surface area contributed by atoms with Crippen LogP contribution in [0.1, 0.15) is 49.9 Å². The molecule has 0 saturated heterocycles. The van der Waals surface area contributed by atoms with Gasteiger partial charge in [0.05, 0.1) is 0 Å². The maximum Gasteiger partial charge on any atom is 0.123 e. The van der Waals surface area contributed by atoms with Crippen molar-refractivity contribution in [3.8, 4) is 55.6 Å².